The second-order valence-corrected chi connectivity index (χ2v) is 5.64. The molecule has 1 unspecified atom stereocenters. The highest BCUT2D eigenvalue weighted by atomic mass is 16.3. The Morgan fingerprint density at radius 3 is 1.84 bits per heavy atom. The van der Waals surface area contributed by atoms with Crippen molar-refractivity contribution in [1.29, 1.82) is 0 Å². The van der Waals surface area contributed by atoms with Crippen LogP contribution in [0.5, 0.6) is 0 Å². The summed E-state index contributed by atoms with van der Waals surface area (Å²) in [6, 6.07) is 8.40. The molecule has 0 bridgehead atoms. The molecule has 0 fully saturated rings. The first-order chi connectivity index (χ1) is 9.08. The molecule has 0 saturated heterocycles. The summed E-state index contributed by atoms with van der Waals surface area (Å²) in [6.45, 7) is 11.6. The summed E-state index contributed by atoms with van der Waals surface area (Å²) in [4.78, 5) is 2.35. The van der Waals surface area contributed by atoms with E-state index in [1.807, 2.05) is 0 Å². The van der Waals surface area contributed by atoms with Gasteiger partial charge < -0.3 is 10.0 Å². The number of hydrogen-bond donors (Lipinski definition) is 1. The highest BCUT2D eigenvalue weighted by Crippen LogP contribution is 2.19. The molecule has 0 spiro atoms. The van der Waals surface area contributed by atoms with Gasteiger partial charge in [0.05, 0.1) is 6.10 Å². The van der Waals surface area contributed by atoms with Gasteiger partial charge in [0.25, 0.3) is 0 Å². The topological polar surface area (TPSA) is 23.5 Å². The van der Waals surface area contributed by atoms with Gasteiger partial charge in [0.15, 0.2) is 0 Å². The minimum Gasteiger partial charge on any atom is -0.387 e. The quantitative estimate of drug-likeness (QED) is 0.767. The lowest BCUT2D eigenvalue weighted by atomic mass is 10.00. The van der Waals surface area contributed by atoms with E-state index < -0.39 is 0 Å². The summed E-state index contributed by atoms with van der Waals surface area (Å²) < 4.78 is 0. The maximum absolute atomic E-state index is 10.3. The molecule has 0 heterocycles. The van der Waals surface area contributed by atoms with Crippen LogP contribution in [-0.4, -0.2) is 29.6 Å². The molecule has 1 N–H and O–H groups in total. The average molecular weight is 263 g/mol. The third kappa shape index (κ3) is 5.33. The molecule has 0 aliphatic carbocycles. The van der Waals surface area contributed by atoms with Crippen LogP contribution in [0.2, 0.25) is 0 Å². The number of nitrogens with zero attached hydrogens (tertiary/aromatic N) is 1. The van der Waals surface area contributed by atoms with E-state index in [1.54, 1.807) is 0 Å². The lowest BCUT2D eigenvalue weighted by Gasteiger charge is -2.24. The van der Waals surface area contributed by atoms with Gasteiger partial charge in [0, 0.05) is 6.54 Å². The Kier molecular flexibility index (Phi) is 7.11. The van der Waals surface area contributed by atoms with Crippen LogP contribution < -0.4 is 0 Å². The van der Waals surface area contributed by atoms with Gasteiger partial charge in [-0.3, -0.25) is 0 Å². The van der Waals surface area contributed by atoms with Gasteiger partial charge in [0.2, 0.25) is 0 Å². The maximum Gasteiger partial charge on any atom is 0.0916 e. The summed E-state index contributed by atoms with van der Waals surface area (Å²) >= 11 is 0. The van der Waals surface area contributed by atoms with Crippen LogP contribution in [0.15, 0.2) is 24.3 Å². The van der Waals surface area contributed by atoms with Crippen LogP contribution in [-0.2, 0) is 0 Å². The van der Waals surface area contributed by atoms with Gasteiger partial charge in [-0.25, -0.2) is 0 Å². The van der Waals surface area contributed by atoms with Crippen LogP contribution in [0.25, 0.3) is 0 Å². The fourth-order valence-corrected chi connectivity index (χ4v) is 2.38. The fraction of sp³-hybridized carbons (Fsp3) is 0.647. The molecular formula is C17H29NO. The van der Waals surface area contributed by atoms with Crippen LogP contribution in [0.4, 0.5) is 0 Å². The summed E-state index contributed by atoms with van der Waals surface area (Å²) in [5.74, 6) is 0.544. The standard InChI is InChI=1S/C17H29NO/c1-5-11-18(12-6-2)13-17(19)16-9-7-15(8-10-16)14(3)4/h7-10,14,17,19H,5-6,11-13H2,1-4H3. The van der Waals surface area contributed by atoms with Crippen LogP contribution in [0.3, 0.4) is 0 Å². The fourth-order valence-electron chi connectivity index (χ4n) is 2.38. The number of aliphatic hydroxyl groups is 1. The van der Waals surface area contributed by atoms with Gasteiger partial charge in [-0.15, -0.1) is 0 Å². The van der Waals surface area contributed by atoms with E-state index in [-0.39, 0.29) is 6.10 Å². The molecule has 108 valence electrons. The Morgan fingerprint density at radius 1 is 0.947 bits per heavy atom. The van der Waals surface area contributed by atoms with Crippen LogP contribution in [0, 0.1) is 0 Å². The lowest BCUT2D eigenvalue weighted by molar-refractivity contribution is 0.113. The molecule has 0 aromatic heterocycles. The van der Waals surface area contributed by atoms with Gasteiger partial charge in [-0.1, -0.05) is 52.0 Å². The Labute approximate surface area is 118 Å². The first-order valence-electron chi connectivity index (χ1n) is 7.58. The molecule has 2 nitrogen and oxygen atoms in total. The van der Waals surface area contributed by atoms with Gasteiger partial charge in [0.1, 0.15) is 0 Å². The van der Waals surface area contributed by atoms with E-state index in [0.717, 1.165) is 38.0 Å². The van der Waals surface area contributed by atoms with Crippen molar-refractivity contribution < 1.29 is 5.11 Å². The van der Waals surface area contributed by atoms with Crippen molar-refractivity contribution in [2.45, 2.75) is 52.6 Å². The largest absolute Gasteiger partial charge is 0.387 e. The number of benzene rings is 1. The summed E-state index contributed by atoms with van der Waals surface area (Å²) in [6.07, 6.45) is 1.90. The summed E-state index contributed by atoms with van der Waals surface area (Å²) in [5, 5.41) is 10.3. The molecule has 0 amide bonds. The van der Waals surface area contributed by atoms with Crippen molar-refractivity contribution in [1.82, 2.24) is 4.90 Å². The predicted octanol–water partition coefficient (Wildman–Crippen LogP) is 3.97. The number of rotatable bonds is 8. The van der Waals surface area contributed by atoms with Crippen molar-refractivity contribution in [2.24, 2.45) is 0 Å². The third-order valence-corrected chi connectivity index (χ3v) is 3.50. The Bertz CT molecular complexity index is 339. The highest BCUT2D eigenvalue weighted by molar-refractivity contribution is 5.26. The monoisotopic (exact) mass is 263 g/mol. The highest BCUT2D eigenvalue weighted by Gasteiger charge is 2.12. The van der Waals surface area contributed by atoms with E-state index >= 15 is 0 Å². The molecule has 0 radical (unpaired) electrons. The molecule has 1 rings (SSSR count). The Hall–Kier alpha value is -0.860. The van der Waals surface area contributed by atoms with Crippen molar-refractivity contribution in [3.05, 3.63) is 35.4 Å². The van der Waals surface area contributed by atoms with E-state index in [1.165, 1.54) is 5.56 Å². The predicted molar refractivity (Wildman–Crippen MR) is 82.5 cm³/mol. The number of aliphatic hydroxyl groups excluding tert-OH is 1. The molecule has 2 heteroatoms. The van der Waals surface area contributed by atoms with E-state index in [0.29, 0.717) is 5.92 Å². The van der Waals surface area contributed by atoms with Gasteiger partial charge in [-0.2, -0.15) is 0 Å². The molecule has 19 heavy (non-hydrogen) atoms. The number of hydrogen-bond acceptors (Lipinski definition) is 2. The zero-order valence-corrected chi connectivity index (χ0v) is 12.9. The zero-order chi connectivity index (χ0) is 14.3. The van der Waals surface area contributed by atoms with Crippen LogP contribution in [0.1, 0.15) is 63.7 Å². The molecule has 1 aromatic rings. The minimum atomic E-state index is -0.376. The second kappa shape index (κ2) is 8.34. The van der Waals surface area contributed by atoms with Crippen molar-refractivity contribution >= 4 is 0 Å². The first-order valence-corrected chi connectivity index (χ1v) is 7.58. The van der Waals surface area contributed by atoms with Crippen molar-refractivity contribution in [2.75, 3.05) is 19.6 Å². The first kappa shape index (κ1) is 16.2. The molecule has 0 aliphatic rings. The summed E-state index contributed by atoms with van der Waals surface area (Å²) in [5.41, 5.74) is 2.36. The van der Waals surface area contributed by atoms with Gasteiger partial charge in [-0.05, 0) is 43.0 Å². The molecular weight excluding hydrogens is 234 g/mol. The third-order valence-electron chi connectivity index (χ3n) is 3.50. The zero-order valence-electron chi connectivity index (χ0n) is 12.9. The molecule has 0 aliphatic heterocycles. The van der Waals surface area contributed by atoms with E-state index in [2.05, 4.69) is 56.9 Å². The Morgan fingerprint density at radius 2 is 1.42 bits per heavy atom. The second-order valence-electron chi connectivity index (χ2n) is 5.64. The Balaban J connectivity index is 2.62. The SMILES string of the molecule is CCCN(CCC)CC(O)c1ccc(C(C)C)cc1. The smallest absolute Gasteiger partial charge is 0.0916 e. The molecule has 0 saturated carbocycles. The van der Waals surface area contributed by atoms with Gasteiger partial charge >= 0.3 is 0 Å². The lowest BCUT2D eigenvalue weighted by Crippen LogP contribution is -2.30. The normalized spacial score (nSPS) is 13.2. The maximum atomic E-state index is 10.3. The van der Waals surface area contributed by atoms with E-state index in [4.69, 9.17) is 0 Å². The van der Waals surface area contributed by atoms with Crippen LogP contribution >= 0.6 is 0 Å². The van der Waals surface area contributed by atoms with E-state index in [9.17, 15) is 5.11 Å². The molecule has 1 aromatic carbocycles. The average Bonchev–Trinajstić information content (AvgIpc) is 2.39. The van der Waals surface area contributed by atoms with Crippen molar-refractivity contribution in [3.8, 4) is 0 Å². The minimum absolute atomic E-state index is 0.376. The van der Waals surface area contributed by atoms with Crippen molar-refractivity contribution in [3.63, 3.8) is 0 Å². The molecule has 1 atom stereocenters. The summed E-state index contributed by atoms with van der Waals surface area (Å²) in [7, 11) is 0.